The average Bonchev–Trinajstić information content (AvgIpc) is 2.56. The van der Waals surface area contributed by atoms with Crippen molar-refractivity contribution in [3.63, 3.8) is 0 Å². The third kappa shape index (κ3) is 4.23. The molecule has 1 aromatic rings. The van der Waals surface area contributed by atoms with E-state index in [2.05, 4.69) is 10.6 Å². The second-order valence-electron chi connectivity index (χ2n) is 5.22. The third-order valence-electron chi connectivity index (χ3n) is 3.60. The van der Waals surface area contributed by atoms with Crippen LogP contribution in [-0.2, 0) is 14.4 Å². The Labute approximate surface area is 143 Å². The number of nitrogens with one attached hydrogen (secondary N) is 2. The number of rotatable bonds is 5. The summed E-state index contributed by atoms with van der Waals surface area (Å²) in [5.74, 6) is -2.03. The summed E-state index contributed by atoms with van der Waals surface area (Å²) in [5.41, 5.74) is 5.91. The zero-order valence-corrected chi connectivity index (χ0v) is 13.5. The molecule has 1 unspecified atom stereocenters. The molecule has 4 amide bonds. The van der Waals surface area contributed by atoms with Gasteiger partial charge >= 0.3 is 0 Å². The Bertz CT molecular complexity index is 662. The minimum Gasteiger partial charge on any atom is -0.366 e. The first-order chi connectivity index (χ1) is 11.4. The Hall–Kier alpha value is -2.61. The molecule has 24 heavy (non-hydrogen) atoms. The highest BCUT2D eigenvalue weighted by atomic mass is 35.5. The Morgan fingerprint density at radius 1 is 1.29 bits per heavy atom. The van der Waals surface area contributed by atoms with Crippen molar-refractivity contribution in [1.29, 1.82) is 0 Å². The summed E-state index contributed by atoms with van der Waals surface area (Å²) in [6.45, 7) is 0.636. The molecular formula is C15H17ClN4O4. The number of piperazine rings is 1. The van der Waals surface area contributed by atoms with Gasteiger partial charge in [-0.3, -0.25) is 19.2 Å². The van der Waals surface area contributed by atoms with E-state index < -0.39 is 23.8 Å². The molecule has 1 heterocycles. The quantitative estimate of drug-likeness (QED) is 0.628. The van der Waals surface area contributed by atoms with Crippen molar-refractivity contribution < 1.29 is 19.2 Å². The fraction of sp³-hybridized carbons (Fsp3) is 0.333. The zero-order chi connectivity index (χ0) is 17.7. The van der Waals surface area contributed by atoms with Crippen LogP contribution in [0, 0.1) is 0 Å². The molecule has 8 nitrogen and oxygen atoms in total. The summed E-state index contributed by atoms with van der Waals surface area (Å²) in [4.78, 5) is 48.2. The summed E-state index contributed by atoms with van der Waals surface area (Å²) in [7, 11) is 0. The van der Waals surface area contributed by atoms with Gasteiger partial charge in [0.15, 0.2) is 0 Å². The number of halogens is 1. The molecule has 9 heteroatoms. The summed E-state index contributed by atoms with van der Waals surface area (Å²) < 4.78 is 0. The Morgan fingerprint density at radius 3 is 2.54 bits per heavy atom. The molecule has 1 atom stereocenters. The minimum absolute atomic E-state index is 0.188. The number of nitrogens with two attached hydrogens (primary N) is 1. The van der Waals surface area contributed by atoms with Crippen LogP contribution in [0.15, 0.2) is 24.3 Å². The number of hydrogen-bond acceptors (Lipinski definition) is 4. The van der Waals surface area contributed by atoms with Gasteiger partial charge in [0.2, 0.25) is 23.6 Å². The molecule has 0 radical (unpaired) electrons. The van der Waals surface area contributed by atoms with Crippen LogP contribution in [0.3, 0.4) is 0 Å². The van der Waals surface area contributed by atoms with Crippen LogP contribution in [-0.4, -0.2) is 53.5 Å². The second-order valence-corrected chi connectivity index (χ2v) is 5.49. The van der Waals surface area contributed by atoms with Gasteiger partial charge in [-0.1, -0.05) is 0 Å². The summed E-state index contributed by atoms with van der Waals surface area (Å²) >= 11 is 5.54. The first kappa shape index (κ1) is 17.7. The molecule has 0 aliphatic carbocycles. The molecular weight excluding hydrogens is 336 g/mol. The Morgan fingerprint density at radius 2 is 1.96 bits per heavy atom. The van der Waals surface area contributed by atoms with Crippen LogP contribution < -0.4 is 16.4 Å². The Balaban J connectivity index is 2.02. The van der Waals surface area contributed by atoms with Crippen molar-refractivity contribution in [3.05, 3.63) is 29.8 Å². The molecule has 1 aliphatic heterocycles. The SMILES string of the molecule is NC(=O)c1ccc(NC(=O)CC2C(=O)NCCN2C(=O)CCl)cc1. The van der Waals surface area contributed by atoms with Crippen LogP contribution in [0.2, 0.25) is 0 Å². The highest BCUT2D eigenvalue weighted by Crippen LogP contribution is 2.13. The van der Waals surface area contributed by atoms with Gasteiger partial charge in [-0.25, -0.2) is 0 Å². The van der Waals surface area contributed by atoms with Gasteiger partial charge in [0.25, 0.3) is 0 Å². The van der Waals surface area contributed by atoms with E-state index in [0.717, 1.165) is 0 Å². The fourth-order valence-corrected chi connectivity index (χ4v) is 2.55. The number of anilines is 1. The van der Waals surface area contributed by atoms with Gasteiger partial charge in [0.1, 0.15) is 11.9 Å². The second kappa shape index (κ2) is 7.78. The molecule has 0 aromatic heterocycles. The number of benzene rings is 1. The van der Waals surface area contributed by atoms with Gasteiger partial charge in [-0.15, -0.1) is 11.6 Å². The smallest absolute Gasteiger partial charge is 0.248 e. The number of nitrogens with zero attached hydrogens (tertiary/aromatic N) is 1. The van der Waals surface area contributed by atoms with Crippen molar-refractivity contribution in [3.8, 4) is 0 Å². The average molecular weight is 353 g/mol. The predicted octanol–water partition coefficient (Wildman–Crippen LogP) is -0.320. The number of amides is 4. The monoisotopic (exact) mass is 352 g/mol. The standard InChI is InChI=1S/C15H17ClN4O4/c16-8-13(22)20-6-5-18-15(24)11(20)7-12(21)19-10-3-1-9(2-4-10)14(17)23/h1-4,11H,5-8H2,(H2,17,23)(H,18,24)(H,19,21). The summed E-state index contributed by atoms with van der Waals surface area (Å²) in [5, 5.41) is 5.23. The maximum atomic E-state index is 12.1. The lowest BCUT2D eigenvalue weighted by Gasteiger charge is -2.34. The summed E-state index contributed by atoms with van der Waals surface area (Å²) in [6.07, 6.45) is -0.188. The van der Waals surface area contributed by atoms with Crippen molar-refractivity contribution in [2.24, 2.45) is 5.73 Å². The lowest BCUT2D eigenvalue weighted by Crippen LogP contribution is -2.58. The van der Waals surface area contributed by atoms with E-state index in [1.54, 1.807) is 0 Å². The lowest BCUT2D eigenvalue weighted by atomic mass is 10.1. The minimum atomic E-state index is -0.894. The number of carbonyl (C=O) groups excluding carboxylic acids is 4. The van der Waals surface area contributed by atoms with Gasteiger partial charge < -0.3 is 21.3 Å². The molecule has 0 spiro atoms. The third-order valence-corrected chi connectivity index (χ3v) is 3.83. The van der Waals surface area contributed by atoms with Crippen molar-refractivity contribution in [1.82, 2.24) is 10.2 Å². The Kier molecular flexibility index (Phi) is 5.75. The van der Waals surface area contributed by atoms with E-state index in [9.17, 15) is 19.2 Å². The van der Waals surface area contributed by atoms with Crippen LogP contribution in [0.4, 0.5) is 5.69 Å². The normalized spacial score (nSPS) is 17.1. The van der Waals surface area contributed by atoms with Gasteiger partial charge in [0, 0.05) is 24.3 Å². The molecule has 1 aromatic carbocycles. The van der Waals surface area contributed by atoms with Crippen LogP contribution in [0.1, 0.15) is 16.8 Å². The van der Waals surface area contributed by atoms with E-state index in [0.29, 0.717) is 24.3 Å². The van der Waals surface area contributed by atoms with Gasteiger partial charge in [-0.2, -0.15) is 0 Å². The van der Waals surface area contributed by atoms with Crippen molar-refractivity contribution in [2.75, 3.05) is 24.3 Å². The molecule has 1 fully saturated rings. The molecule has 1 aliphatic rings. The fourth-order valence-electron chi connectivity index (χ4n) is 2.40. The number of alkyl halides is 1. The largest absolute Gasteiger partial charge is 0.366 e. The number of hydrogen-bond donors (Lipinski definition) is 3. The number of primary amides is 1. The maximum Gasteiger partial charge on any atom is 0.248 e. The molecule has 1 saturated heterocycles. The van der Waals surface area contributed by atoms with Crippen LogP contribution >= 0.6 is 11.6 Å². The molecule has 0 bridgehead atoms. The predicted molar refractivity (Wildman–Crippen MR) is 87.4 cm³/mol. The highest BCUT2D eigenvalue weighted by molar-refractivity contribution is 6.27. The van der Waals surface area contributed by atoms with Crippen LogP contribution in [0.5, 0.6) is 0 Å². The van der Waals surface area contributed by atoms with E-state index in [1.807, 2.05) is 0 Å². The molecule has 2 rings (SSSR count). The zero-order valence-electron chi connectivity index (χ0n) is 12.8. The first-order valence-corrected chi connectivity index (χ1v) is 7.78. The van der Waals surface area contributed by atoms with Crippen molar-refractivity contribution >= 4 is 40.9 Å². The van der Waals surface area contributed by atoms with Gasteiger partial charge in [-0.05, 0) is 24.3 Å². The van der Waals surface area contributed by atoms with Crippen LogP contribution in [0.25, 0.3) is 0 Å². The number of carbonyl (C=O) groups is 4. The highest BCUT2D eigenvalue weighted by Gasteiger charge is 2.34. The van der Waals surface area contributed by atoms with E-state index in [1.165, 1.54) is 29.2 Å². The van der Waals surface area contributed by atoms with E-state index in [-0.39, 0.29) is 18.2 Å². The summed E-state index contributed by atoms with van der Waals surface area (Å²) in [6, 6.07) is 5.12. The molecule has 0 saturated carbocycles. The van der Waals surface area contributed by atoms with Gasteiger partial charge in [0.05, 0.1) is 6.42 Å². The molecule has 4 N–H and O–H groups in total. The maximum absolute atomic E-state index is 12.1. The van der Waals surface area contributed by atoms with E-state index in [4.69, 9.17) is 17.3 Å². The van der Waals surface area contributed by atoms with E-state index >= 15 is 0 Å². The molecule has 128 valence electrons. The lowest BCUT2D eigenvalue weighted by molar-refractivity contribution is -0.143. The first-order valence-electron chi connectivity index (χ1n) is 7.25. The topological polar surface area (TPSA) is 122 Å². The van der Waals surface area contributed by atoms with Crippen molar-refractivity contribution in [2.45, 2.75) is 12.5 Å².